The number of hydrogen-bond acceptors (Lipinski definition) is 2. The zero-order chi connectivity index (χ0) is 13.5. The molecule has 1 aliphatic carbocycles. The van der Waals surface area contributed by atoms with Crippen molar-refractivity contribution in [1.82, 2.24) is 0 Å². The van der Waals surface area contributed by atoms with Gasteiger partial charge in [0.2, 0.25) is 0 Å². The van der Waals surface area contributed by atoms with Crippen LogP contribution in [0.5, 0.6) is 5.75 Å². The Labute approximate surface area is 123 Å². The normalized spacial score (nSPS) is 34.5. The van der Waals surface area contributed by atoms with Gasteiger partial charge in [-0.3, -0.25) is 0 Å². The molecule has 104 valence electrons. The highest BCUT2D eigenvalue weighted by Gasteiger charge is 2.40. The van der Waals surface area contributed by atoms with Gasteiger partial charge in [-0.1, -0.05) is 29.3 Å². The molecule has 0 radical (unpaired) electrons. The molecular formula is C16H22BrNO. The molecule has 1 spiro atoms. The molecule has 2 aliphatic rings. The predicted octanol–water partition coefficient (Wildman–Crippen LogP) is 4.57. The minimum absolute atomic E-state index is 0.00892. The molecule has 1 saturated carbocycles. The van der Waals surface area contributed by atoms with E-state index in [1.165, 1.54) is 19.3 Å². The summed E-state index contributed by atoms with van der Waals surface area (Å²) in [5.74, 6) is 1.82. The van der Waals surface area contributed by atoms with Crippen LogP contribution in [0.25, 0.3) is 0 Å². The van der Waals surface area contributed by atoms with Gasteiger partial charge in [0, 0.05) is 22.5 Å². The zero-order valence-electron chi connectivity index (χ0n) is 11.5. The maximum Gasteiger partial charge on any atom is 0.124 e. The summed E-state index contributed by atoms with van der Waals surface area (Å²) < 4.78 is 7.49. The second kappa shape index (κ2) is 5.10. The quantitative estimate of drug-likeness (QED) is 0.759. The SMILES string of the molecule is CC1CCCC2(CC1)C[C@H](N)c1cc(Br)ccc1O2. The first-order chi connectivity index (χ1) is 9.08. The van der Waals surface area contributed by atoms with Crippen LogP contribution in [0.4, 0.5) is 0 Å². The van der Waals surface area contributed by atoms with Gasteiger partial charge in [0.1, 0.15) is 11.4 Å². The van der Waals surface area contributed by atoms with Gasteiger partial charge in [0.15, 0.2) is 0 Å². The molecule has 2 unspecified atom stereocenters. The Kier molecular flexibility index (Phi) is 3.61. The lowest BCUT2D eigenvalue weighted by molar-refractivity contribution is 0.0205. The minimum Gasteiger partial charge on any atom is -0.487 e. The standard InChI is InChI=1S/C16H22BrNO/c1-11-3-2-7-16(8-6-11)10-14(18)13-9-12(17)4-5-15(13)19-16/h4-5,9,11,14H,2-3,6-8,10,18H2,1H3/t11?,14-,16?/m0/s1. The third kappa shape index (κ3) is 2.68. The molecule has 3 rings (SSSR count). The van der Waals surface area contributed by atoms with Crippen molar-refractivity contribution in [2.45, 2.75) is 57.1 Å². The Morgan fingerprint density at radius 3 is 3.00 bits per heavy atom. The lowest BCUT2D eigenvalue weighted by Gasteiger charge is -2.41. The highest BCUT2D eigenvalue weighted by Crippen LogP contribution is 2.45. The van der Waals surface area contributed by atoms with Crippen LogP contribution in [0.15, 0.2) is 22.7 Å². The van der Waals surface area contributed by atoms with Gasteiger partial charge in [0.05, 0.1) is 0 Å². The van der Waals surface area contributed by atoms with Crippen LogP contribution in [0.3, 0.4) is 0 Å². The van der Waals surface area contributed by atoms with E-state index in [4.69, 9.17) is 10.5 Å². The average molecular weight is 324 g/mol. The fourth-order valence-corrected chi connectivity index (χ4v) is 3.92. The molecule has 1 aromatic rings. The molecule has 3 heteroatoms. The molecular weight excluding hydrogens is 302 g/mol. The first-order valence-corrected chi connectivity index (χ1v) is 8.11. The summed E-state index contributed by atoms with van der Waals surface area (Å²) in [7, 11) is 0. The Hall–Kier alpha value is -0.540. The van der Waals surface area contributed by atoms with E-state index < -0.39 is 0 Å². The Morgan fingerprint density at radius 2 is 2.16 bits per heavy atom. The van der Waals surface area contributed by atoms with E-state index in [2.05, 4.69) is 35.0 Å². The monoisotopic (exact) mass is 323 g/mol. The Morgan fingerprint density at radius 1 is 1.32 bits per heavy atom. The maximum absolute atomic E-state index is 6.41. The molecule has 0 saturated heterocycles. The van der Waals surface area contributed by atoms with Crippen molar-refractivity contribution < 1.29 is 4.74 Å². The fourth-order valence-electron chi connectivity index (χ4n) is 3.55. The molecule has 1 aliphatic heterocycles. The second-order valence-electron chi connectivity index (χ2n) is 6.31. The zero-order valence-corrected chi connectivity index (χ0v) is 13.1. The lowest BCUT2D eigenvalue weighted by atomic mass is 9.82. The Bertz CT molecular complexity index is 476. The van der Waals surface area contributed by atoms with E-state index in [0.29, 0.717) is 0 Å². The number of benzene rings is 1. The molecule has 1 heterocycles. The predicted molar refractivity (Wildman–Crippen MR) is 81.3 cm³/mol. The van der Waals surface area contributed by atoms with Gasteiger partial charge in [0.25, 0.3) is 0 Å². The van der Waals surface area contributed by atoms with Crippen LogP contribution in [-0.2, 0) is 0 Å². The smallest absolute Gasteiger partial charge is 0.124 e. The first kappa shape index (κ1) is 13.4. The third-order valence-electron chi connectivity index (χ3n) is 4.71. The van der Waals surface area contributed by atoms with Gasteiger partial charge in [-0.2, -0.15) is 0 Å². The van der Waals surface area contributed by atoms with E-state index in [9.17, 15) is 0 Å². The van der Waals surface area contributed by atoms with Crippen molar-refractivity contribution in [2.75, 3.05) is 0 Å². The van der Waals surface area contributed by atoms with E-state index >= 15 is 0 Å². The van der Waals surface area contributed by atoms with Crippen LogP contribution in [-0.4, -0.2) is 5.60 Å². The van der Waals surface area contributed by atoms with Crippen molar-refractivity contribution in [3.63, 3.8) is 0 Å². The number of rotatable bonds is 0. The summed E-state index contributed by atoms with van der Waals surface area (Å²) >= 11 is 3.51. The molecule has 19 heavy (non-hydrogen) atoms. The van der Waals surface area contributed by atoms with Crippen molar-refractivity contribution >= 4 is 15.9 Å². The molecule has 1 aromatic carbocycles. The van der Waals surface area contributed by atoms with Crippen molar-refractivity contribution in [1.29, 1.82) is 0 Å². The van der Waals surface area contributed by atoms with Crippen LogP contribution in [0.2, 0.25) is 0 Å². The number of fused-ring (bicyclic) bond motifs is 1. The summed E-state index contributed by atoms with van der Waals surface area (Å²) in [4.78, 5) is 0. The second-order valence-corrected chi connectivity index (χ2v) is 7.23. The molecule has 2 nitrogen and oxygen atoms in total. The van der Waals surface area contributed by atoms with Crippen LogP contribution in [0, 0.1) is 5.92 Å². The fraction of sp³-hybridized carbons (Fsp3) is 0.625. The van der Waals surface area contributed by atoms with Crippen LogP contribution in [0.1, 0.15) is 57.1 Å². The first-order valence-electron chi connectivity index (χ1n) is 7.32. The molecule has 2 N–H and O–H groups in total. The summed E-state index contributed by atoms with van der Waals surface area (Å²) in [5, 5.41) is 0. The third-order valence-corrected chi connectivity index (χ3v) is 5.21. The molecule has 0 bridgehead atoms. The Balaban J connectivity index is 1.89. The lowest BCUT2D eigenvalue weighted by Crippen LogP contribution is -2.42. The summed E-state index contributed by atoms with van der Waals surface area (Å²) in [6.07, 6.45) is 7.12. The largest absolute Gasteiger partial charge is 0.487 e. The van der Waals surface area contributed by atoms with E-state index in [0.717, 1.165) is 41.0 Å². The van der Waals surface area contributed by atoms with E-state index in [1.54, 1.807) is 0 Å². The molecule has 0 amide bonds. The highest BCUT2D eigenvalue weighted by atomic mass is 79.9. The number of hydrogen-bond donors (Lipinski definition) is 1. The molecule has 3 atom stereocenters. The van der Waals surface area contributed by atoms with Crippen molar-refractivity contribution in [3.8, 4) is 5.75 Å². The van der Waals surface area contributed by atoms with Gasteiger partial charge in [-0.25, -0.2) is 0 Å². The molecule has 1 fully saturated rings. The number of ether oxygens (including phenoxy) is 1. The van der Waals surface area contributed by atoms with Crippen LogP contribution >= 0.6 is 15.9 Å². The summed E-state index contributed by atoms with van der Waals surface area (Å²) in [6, 6.07) is 6.32. The maximum atomic E-state index is 6.41. The topological polar surface area (TPSA) is 35.2 Å². The summed E-state index contributed by atoms with van der Waals surface area (Å²) in [5.41, 5.74) is 7.55. The average Bonchev–Trinajstić information content (AvgIpc) is 2.54. The highest BCUT2D eigenvalue weighted by molar-refractivity contribution is 9.10. The van der Waals surface area contributed by atoms with E-state index in [1.807, 2.05) is 6.07 Å². The van der Waals surface area contributed by atoms with Gasteiger partial charge < -0.3 is 10.5 Å². The van der Waals surface area contributed by atoms with Crippen molar-refractivity contribution in [2.24, 2.45) is 11.7 Å². The van der Waals surface area contributed by atoms with Gasteiger partial charge >= 0.3 is 0 Å². The van der Waals surface area contributed by atoms with Crippen LogP contribution < -0.4 is 10.5 Å². The van der Waals surface area contributed by atoms with E-state index in [-0.39, 0.29) is 11.6 Å². The number of halogens is 1. The van der Waals surface area contributed by atoms with Gasteiger partial charge in [-0.05, 0) is 49.8 Å². The molecule has 0 aromatic heterocycles. The summed E-state index contributed by atoms with van der Waals surface area (Å²) in [6.45, 7) is 2.35. The van der Waals surface area contributed by atoms with Crippen molar-refractivity contribution in [3.05, 3.63) is 28.2 Å². The number of nitrogens with two attached hydrogens (primary N) is 1. The van der Waals surface area contributed by atoms with Gasteiger partial charge in [-0.15, -0.1) is 0 Å². The minimum atomic E-state index is -0.00892.